The number of hydrogen-bond donors (Lipinski definition) is 0. The van der Waals surface area contributed by atoms with Crippen molar-refractivity contribution in [2.45, 2.75) is 65.4 Å². The standard InChI is InChI=1S/C15H26O4/c1-4-7-9-13(6-3)19-15(17)11-10-14(16)18-12-8-5-2/h10-11,13H,4-9,12H2,1-3H3/b11-10+. The van der Waals surface area contributed by atoms with Crippen molar-refractivity contribution >= 4 is 11.9 Å². The van der Waals surface area contributed by atoms with Gasteiger partial charge in [-0.2, -0.15) is 0 Å². The second-order valence-corrected chi connectivity index (χ2v) is 4.46. The Morgan fingerprint density at radius 1 is 1.00 bits per heavy atom. The largest absolute Gasteiger partial charge is 0.463 e. The number of esters is 2. The normalized spacial score (nSPS) is 12.4. The third kappa shape index (κ3) is 10.3. The highest BCUT2D eigenvalue weighted by atomic mass is 16.5. The molecular weight excluding hydrogens is 244 g/mol. The molecule has 0 saturated heterocycles. The van der Waals surface area contributed by atoms with Gasteiger partial charge in [0.25, 0.3) is 0 Å². The fraction of sp³-hybridized carbons (Fsp3) is 0.733. The van der Waals surface area contributed by atoms with Crippen LogP contribution in [-0.2, 0) is 19.1 Å². The quantitative estimate of drug-likeness (QED) is 0.347. The van der Waals surface area contributed by atoms with Gasteiger partial charge in [-0.1, -0.05) is 40.0 Å². The first-order valence-electron chi connectivity index (χ1n) is 7.19. The lowest BCUT2D eigenvalue weighted by Gasteiger charge is -2.14. The maximum atomic E-state index is 11.5. The summed E-state index contributed by atoms with van der Waals surface area (Å²) in [5.74, 6) is -0.970. The minimum atomic E-state index is -0.494. The van der Waals surface area contributed by atoms with Crippen molar-refractivity contribution in [3.8, 4) is 0 Å². The highest BCUT2D eigenvalue weighted by molar-refractivity contribution is 5.91. The molecule has 0 rings (SSSR count). The van der Waals surface area contributed by atoms with Crippen LogP contribution in [0.2, 0.25) is 0 Å². The maximum Gasteiger partial charge on any atom is 0.331 e. The molecule has 110 valence electrons. The molecule has 0 bridgehead atoms. The molecule has 0 radical (unpaired) electrons. The van der Waals surface area contributed by atoms with Crippen LogP contribution >= 0.6 is 0 Å². The van der Waals surface area contributed by atoms with Gasteiger partial charge in [-0.05, 0) is 19.3 Å². The molecule has 4 heteroatoms. The lowest BCUT2D eigenvalue weighted by atomic mass is 10.1. The smallest absolute Gasteiger partial charge is 0.331 e. The lowest BCUT2D eigenvalue weighted by Crippen LogP contribution is -2.16. The molecule has 0 aromatic carbocycles. The van der Waals surface area contributed by atoms with E-state index in [1.165, 1.54) is 0 Å². The Bertz CT molecular complexity index is 284. The first-order valence-corrected chi connectivity index (χ1v) is 7.19. The average molecular weight is 270 g/mol. The Hall–Kier alpha value is -1.32. The summed E-state index contributed by atoms with van der Waals surface area (Å²) in [6.07, 6.45) is 7.78. The van der Waals surface area contributed by atoms with Gasteiger partial charge in [-0.25, -0.2) is 9.59 Å². The monoisotopic (exact) mass is 270 g/mol. The van der Waals surface area contributed by atoms with E-state index in [2.05, 4.69) is 6.92 Å². The molecule has 0 aromatic heterocycles. The molecule has 19 heavy (non-hydrogen) atoms. The van der Waals surface area contributed by atoms with Gasteiger partial charge >= 0.3 is 11.9 Å². The van der Waals surface area contributed by atoms with E-state index >= 15 is 0 Å². The fourth-order valence-electron chi connectivity index (χ4n) is 1.48. The SMILES string of the molecule is CCCCOC(=O)/C=C/C(=O)OC(CC)CCCC. The Morgan fingerprint density at radius 3 is 2.21 bits per heavy atom. The molecule has 0 heterocycles. The zero-order valence-electron chi connectivity index (χ0n) is 12.3. The summed E-state index contributed by atoms with van der Waals surface area (Å²) < 4.78 is 10.1. The van der Waals surface area contributed by atoms with Crippen molar-refractivity contribution in [3.05, 3.63) is 12.2 Å². The van der Waals surface area contributed by atoms with Crippen molar-refractivity contribution in [3.63, 3.8) is 0 Å². The van der Waals surface area contributed by atoms with Gasteiger partial charge in [0.15, 0.2) is 0 Å². The fourth-order valence-corrected chi connectivity index (χ4v) is 1.48. The summed E-state index contributed by atoms with van der Waals surface area (Å²) in [5.41, 5.74) is 0. The first kappa shape index (κ1) is 17.7. The molecule has 0 aliphatic rings. The van der Waals surface area contributed by atoms with Crippen molar-refractivity contribution < 1.29 is 19.1 Å². The molecule has 0 aliphatic heterocycles. The third-order valence-electron chi connectivity index (χ3n) is 2.72. The van der Waals surface area contributed by atoms with Crippen LogP contribution < -0.4 is 0 Å². The van der Waals surface area contributed by atoms with Crippen LogP contribution in [0.25, 0.3) is 0 Å². The number of unbranched alkanes of at least 4 members (excludes halogenated alkanes) is 2. The van der Waals surface area contributed by atoms with E-state index in [9.17, 15) is 9.59 Å². The summed E-state index contributed by atoms with van der Waals surface area (Å²) in [6, 6.07) is 0. The van der Waals surface area contributed by atoms with E-state index in [0.717, 1.165) is 50.7 Å². The van der Waals surface area contributed by atoms with Crippen LogP contribution in [0, 0.1) is 0 Å². The second-order valence-electron chi connectivity index (χ2n) is 4.46. The number of carbonyl (C=O) groups is 2. The first-order chi connectivity index (χ1) is 9.13. The molecule has 0 aromatic rings. The van der Waals surface area contributed by atoms with Gasteiger partial charge in [0.1, 0.15) is 6.10 Å². The van der Waals surface area contributed by atoms with Gasteiger partial charge < -0.3 is 9.47 Å². The summed E-state index contributed by atoms with van der Waals surface area (Å²) in [4.78, 5) is 22.7. The number of carbonyl (C=O) groups excluding carboxylic acids is 2. The van der Waals surface area contributed by atoms with Crippen molar-refractivity contribution in [1.82, 2.24) is 0 Å². The molecule has 1 atom stereocenters. The molecule has 0 aliphatic carbocycles. The van der Waals surface area contributed by atoms with Crippen molar-refractivity contribution in [1.29, 1.82) is 0 Å². The van der Waals surface area contributed by atoms with Crippen LogP contribution in [0.4, 0.5) is 0 Å². The molecule has 4 nitrogen and oxygen atoms in total. The molecule has 0 fully saturated rings. The molecule has 0 saturated carbocycles. The van der Waals surface area contributed by atoms with Gasteiger partial charge in [-0.15, -0.1) is 0 Å². The minimum Gasteiger partial charge on any atom is -0.463 e. The van der Waals surface area contributed by atoms with Crippen LogP contribution in [-0.4, -0.2) is 24.6 Å². The molecule has 0 amide bonds. The van der Waals surface area contributed by atoms with E-state index in [0.29, 0.717) is 6.61 Å². The maximum absolute atomic E-state index is 11.5. The van der Waals surface area contributed by atoms with Crippen molar-refractivity contribution in [2.75, 3.05) is 6.61 Å². The summed E-state index contributed by atoms with van der Waals surface area (Å²) >= 11 is 0. The second kappa shape index (κ2) is 11.8. The average Bonchev–Trinajstić information content (AvgIpc) is 2.41. The highest BCUT2D eigenvalue weighted by Crippen LogP contribution is 2.09. The Labute approximate surface area is 116 Å². The van der Waals surface area contributed by atoms with Crippen LogP contribution in [0.3, 0.4) is 0 Å². The number of rotatable bonds is 10. The zero-order chi connectivity index (χ0) is 14.5. The van der Waals surface area contributed by atoms with Gasteiger partial charge in [0.2, 0.25) is 0 Å². The topological polar surface area (TPSA) is 52.6 Å². The molecule has 0 N–H and O–H groups in total. The van der Waals surface area contributed by atoms with E-state index in [1.54, 1.807) is 0 Å². The predicted octanol–water partition coefficient (Wildman–Crippen LogP) is 3.40. The van der Waals surface area contributed by atoms with Gasteiger partial charge in [0.05, 0.1) is 6.61 Å². The molecule has 0 spiro atoms. The summed E-state index contributed by atoms with van der Waals surface area (Å²) in [5, 5.41) is 0. The van der Waals surface area contributed by atoms with E-state index in [-0.39, 0.29) is 6.10 Å². The summed E-state index contributed by atoms with van der Waals surface area (Å²) in [6.45, 7) is 6.49. The summed E-state index contributed by atoms with van der Waals surface area (Å²) in [7, 11) is 0. The predicted molar refractivity (Wildman–Crippen MR) is 74.7 cm³/mol. The molecule has 1 unspecified atom stereocenters. The van der Waals surface area contributed by atoms with Crippen LogP contribution in [0.1, 0.15) is 59.3 Å². The zero-order valence-corrected chi connectivity index (χ0v) is 12.3. The van der Waals surface area contributed by atoms with Gasteiger partial charge in [-0.3, -0.25) is 0 Å². The van der Waals surface area contributed by atoms with Crippen molar-refractivity contribution in [2.24, 2.45) is 0 Å². The van der Waals surface area contributed by atoms with E-state index in [1.807, 2.05) is 13.8 Å². The van der Waals surface area contributed by atoms with Gasteiger partial charge in [0, 0.05) is 12.2 Å². The van der Waals surface area contributed by atoms with Crippen LogP contribution in [0.15, 0.2) is 12.2 Å². The highest BCUT2D eigenvalue weighted by Gasteiger charge is 2.10. The van der Waals surface area contributed by atoms with E-state index < -0.39 is 11.9 Å². The molecular formula is C15H26O4. The number of ether oxygens (including phenoxy) is 2. The van der Waals surface area contributed by atoms with Crippen LogP contribution in [0.5, 0.6) is 0 Å². The third-order valence-corrected chi connectivity index (χ3v) is 2.72. The Balaban J connectivity index is 3.96. The number of hydrogen-bond acceptors (Lipinski definition) is 4. The minimum absolute atomic E-state index is 0.0618. The Kier molecular flexibility index (Phi) is 10.9. The Morgan fingerprint density at radius 2 is 1.63 bits per heavy atom. The lowest BCUT2D eigenvalue weighted by molar-refractivity contribution is -0.144. The van der Waals surface area contributed by atoms with E-state index in [4.69, 9.17) is 9.47 Å².